The zero-order valence-corrected chi connectivity index (χ0v) is 12.6. The van der Waals surface area contributed by atoms with Crippen LogP contribution in [0, 0.1) is 5.82 Å². The lowest BCUT2D eigenvalue weighted by Gasteiger charge is -2.31. The Kier molecular flexibility index (Phi) is 4.03. The van der Waals surface area contributed by atoms with Crippen molar-refractivity contribution in [2.45, 2.75) is 25.9 Å². The van der Waals surface area contributed by atoms with E-state index in [1.807, 2.05) is 6.92 Å². The van der Waals surface area contributed by atoms with Crippen LogP contribution in [0.25, 0.3) is 0 Å². The Bertz CT molecular complexity index is 655. The van der Waals surface area contributed by atoms with E-state index in [-0.39, 0.29) is 17.6 Å². The number of benzene rings is 1. The van der Waals surface area contributed by atoms with E-state index in [4.69, 9.17) is 0 Å². The lowest BCUT2D eigenvalue weighted by molar-refractivity contribution is -0.121. The lowest BCUT2D eigenvalue weighted by Crippen LogP contribution is -2.44. The first kappa shape index (κ1) is 14.2. The number of carbonyl (C=O) groups excluding carboxylic acids is 1. The van der Waals surface area contributed by atoms with Crippen LogP contribution in [0.3, 0.4) is 0 Å². The van der Waals surface area contributed by atoms with Crippen LogP contribution in [-0.2, 0) is 17.8 Å². The van der Waals surface area contributed by atoms with E-state index in [2.05, 4.69) is 21.7 Å². The first-order valence-electron chi connectivity index (χ1n) is 7.00. The summed E-state index contributed by atoms with van der Waals surface area (Å²) in [6, 6.07) is 8.08. The normalized spacial score (nSPS) is 16.3. The van der Waals surface area contributed by atoms with Crippen molar-refractivity contribution in [1.29, 1.82) is 0 Å². The molecule has 0 saturated carbocycles. The van der Waals surface area contributed by atoms with E-state index in [0.29, 0.717) is 0 Å². The molecule has 1 atom stereocenters. The van der Waals surface area contributed by atoms with Gasteiger partial charge in [-0.05, 0) is 42.5 Å². The van der Waals surface area contributed by atoms with E-state index >= 15 is 0 Å². The highest BCUT2D eigenvalue weighted by atomic mass is 32.1. The van der Waals surface area contributed by atoms with Gasteiger partial charge < -0.3 is 5.32 Å². The average molecular weight is 304 g/mol. The predicted molar refractivity (Wildman–Crippen MR) is 82.9 cm³/mol. The zero-order chi connectivity index (χ0) is 14.8. The molecular formula is C16H17FN2OS. The van der Waals surface area contributed by atoms with Crippen molar-refractivity contribution < 1.29 is 9.18 Å². The number of thiophene rings is 1. The minimum Gasteiger partial charge on any atom is -0.322 e. The van der Waals surface area contributed by atoms with E-state index in [1.54, 1.807) is 29.5 Å². The number of halogens is 1. The van der Waals surface area contributed by atoms with Gasteiger partial charge >= 0.3 is 0 Å². The molecule has 3 rings (SSSR count). The molecule has 1 aliphatic rings. The summed E-state index contributed by atoms with van der Waals surface area (Å²) in [5.74, 6) is -0.574. The molecule has 2 aromatic rings. The Morgan fingerprint density at radius 2 is 2.19 bits per heavy atom. The Morgan fingerprint density at radius 3 is 3.00 bits per heavy atom. The number of hydrogen-bond donors (Lipinski definition) is 1. The van der Waals surface area contributed by atoms with Crippen LogP contribution in [0.15, 0.2) is 35.7 Å². The first-order chi connectivity index (χ1) is 10.1. The first-order valence-corrected chi connectivity index (χ1v) is 7.88. The van der Waals surface area contributed by atoms with Gasteiger partial charge in [0.1, 0.15) is 5.82 Å². The fourth-order valence-corrected chi connectivity index (χ4v) is 3.46. The molecule has 1 aromatic heterocycles. The number of carbonyl (C=O) groups is 1. The van der Waals surface area contributed by atoms with E-state index in [9.17, 15) is 9.18 Å². The van der Waals surface area contributed by atoms with Gasteiger partial charge in [-0.3, -0.25) is 9.69 Å². The quantitative estimate of drug-likeness (QED) is 0.944. The second-order valence-corrected chi connectivity index (χ2v) is 6.24. The lowest BCUT2D eigenvalue weighted by atomic mass is 10.1. The largest absolute Gasteiger partial charge is 0.322 e. The van der Waals surface area contributed by atoms with Gasteiger partial charge in [0.15, 0.2) is 0 Å². The van der Waals surface area contributed by atoms with Gasteiger partial charge in [-0.2, -0.15) is 0 Å². The van der Waals surface area contributed by atoms with Gasteiger partial charge in [-0.25, -0.2) is 4.39 Å². The van der Waals surface area contributed by atoms with Crippen LogP contribution in [0.4, 0.5) is 10.1 Å². The van der Waals surface area contributed by atoms with Gasteiger partial charge in [0.05, 0.1) is 11.7 Å². The highest BCUT2D eigenvalue weighted by Gasteiger charge is 2.26. The molecule has 1 amide bonds. The van der Waals surface area contributed by atoms with Crippen LogP contribution in [0.1, 0.15) is 17.4 Å². The molecule has 0 radical (unpaired) electrons. The van der Waals surface area contributed by atoms with Gasteiger partial charge in [0.2, 0.25) is 5.91 Å². The van der Waals surface area contributed by atoms with Gasteiger partial charge in [0.25, 0.3) is 0 Å². The molecule has 0 saturated heterocycles. The maximum atomic E-state index is 13.6. The van der Waals surface area contributed by atoms with E-state index in [1.165, 1.54) is 16.5 Å². The molecule has 1 N–H and O–H groups in total. The van der Waals surface area contributed by atoms with Crippen molar-refractivity contribution in [3.05, 3.63) is 52.0 Å². The summed E-state index contributed by atoms with van der Waals surface area (Å²) in [4.78, 5) is 15.8. The minimum absolute atomic E-state index is 0.168. The molecule has 0 fully saturated rings. The molecule has 21 heavy (non-hydrogen) atoms. The number of para-hydroxylation sites is 1. The number of nitrogens with one attached hydrogen (secondary N) is 1. The number of amides is 1. The summed E-state index contributed by atoms with van der Waals surface area (Å²) >= 11 is 1.78. The third-order valence-corrected chi connectivity index (χ3v) is 4.92. The van der Waals surface area contributed by atoms with Crippen molar-refractivity contribution in [1.82, 2.24) is 4.90 Å². The maximum Gasteiger partial charge on any atom is 0.241 e. The topological polar surface area (TPSA) is 32.3 Å². The molecule has 0 bridgehead atoms. The van der Waals surface area contributed by atoms with E-state index < -0.39 is 5.82 Å². The molecule has 0 spiro atoms. The number of rotatable bonds is 3. The van der Waals surface area contributed by atoms with Crippen molar-refractivity contribution in [3.8, 4) is 0 Å². The molecule has 2 heterocycles. The Hall–Kier alpha value is -1.72. The highest BCUT2D eigenvalue weighted by Crippen LogP contribution is 2.25. The van der Waals surface area contributed by atoms with Crippen LogP contribution >= 0.6 is 11.3 Å². The monoisotopic (exact) mass is 304 g/mol. The van der Waals surface area contributed by atoms with Gasteiger partial charge in [0, 0.05) is 18.0 Å². The molecular weight excluding hydrogens is 287 g/mol. The Labute approximate surface area is 127 Å². The summed E-state index contributed by atoms with van der Waals surface area (Å²) < 4.78 is 13.6. The average Bonchev–Trinajstić information content (AvgIpc) is 2.96. The van der Waals surface area contributed by atoms with Crippen molar-refractivity contribution in [2.24, 2.45) is 0 Å². The standard InChI is InChI=1S/C16H17FN2OS/c1-11(16(20)18-14-5-3-2-4-13(14)17)19-8-6-15-12(10-19)7-9-21-15/h2-5,7,9,11H,6,8,10H2,1H3,(H,18,20). The molecule has 1 aromatic carbocycles. The summed E-state index contributed by atoms with van der Waals surface area (Å²) in [6.07, 6.45) is 0.977. The van der Waals surface area contributed by atoms with Crippen LogP contribution < -0.4 is 5.32 Å². The van der Waals surface area contributed by atoms with Crippen LogP contribution in [0.2, 0.25) is 0 Å². The second kappa shape index (κ2) is 5.95. The Balaban J connectivity index is 1.67. The van der Waals surface area contributed by atoms with E-state index in [0.717, 1.165) is 19.5 Å². The maximum absolute atomic E-state index is 13.6. The number of nitrogens with zero attached hydrogens (tertiary/aromatic N) is 1. The molecule has 110 valence electrons. The smallest absolute Gasteiger partial charge is 0.241 e. The highest BCUT2D eigenvalue weighted by molar-refractivity contribution is 7.10. The number of hydrogen-bond acceptors (Lipinski definition) is 3. The molecule has 1 aliphatic heterocycles. The summed E-state index contributed by atoms with van der Waals surface area (Å²) in [5, 5.41) is 4.77. The minimum atomic E-state index is -0.406. The fourth-order valence-electron chi connectivity index (χ4n) is 2.57. The summed E-state index contributed by atoms with van der Waals surface area (Å²) in [7, 11) is 0. The summed E-state index contributed by atoms with van der Waals surface area (Å²) in [6.45, 7) is 3.51. The second-order valence-electron chi connectivity index (χ2n) is 5.23. The van der Waals surface area contributed by atoms with Crippen molar-refractivity contribution in [3.63, 3.8) is 0 Å². The SMILES string of the molecule is CC(C(=O)Nc1ccccc1F)N1CCc2sccc2C1. The Morgan fingerprint density at radius 1 is 1.38 bits per heavy atom. The number of fused-ring (bicyclic) bond motifs is 1. The van der Waals surface area contributed by atoms with Gasteiger partial charge in [-0.15, -0.1) is 11.3 Å². The third kappa shape index (κ3) is 2.99. The van der Waals surface area contributed by atoms with Crippen LogP contribution in [0.5, 0.6) is 0 Å². The molecule has 1 unspecified atom stereocenters. The van der Waals surface area contributed by atoms with Crippen molar-refractivity contribution >= 4 is 22.9 Å². The molecule has 0 aliphatic carbocycles. The number of anilines is 1. The molecule has 3 nitrogen and oxygen atoms in total. The van der Waals surface area contributed by atoms with Crippen molar-refractivity contribution in [2.75, 3.05) is 11.9 Å². The van der Waals surface area contributed by atoms with Gasteiger partial charge in [-0.1, -0.05) is 12.1 Å². The predicted octanol–water partition coefficient (Wildman–Crippen LogP) is 3.27. The molecule has 5 heteroatoms. The fraction of sp³-hybridized carbons (Fsp3) is 0.312. The van der Waals surface area contributed by atoms with Crippen LogP contribution in [-0.4, -0.2) is 23.4 Å². The zero-order valence-electron chi connectivity index (χ0n) is 11.8. The third-order valence-electron chi connectivity index (χ3n) is 3.90. The summed E-state index contributed by atoms with van der Waals surface area (Å²) in [5.41, 5.74) is 1.54.